The fraction of sp³-hybridized carbons (Fsp3) is 0.476. The van der Waals surface area contributed by atoms with Crippen molar-refractivity contribution in [3.63, 3.8) is 0 Å². The predicted molar refractivity (Wildman–Crippen MR) is 118 cm³/mol. The van der Waals surface area contributed by atoms with Crippen molar-refractivity contribution in [3.05, 3.63) is 51.2 Å². The van der Waals surface area contributed by atoms with Gasteiger partial charge in [0.1, 0.15) is 5.75 Å². The average Bonchev–Trinajstić information content (AvgIpc) is 3.14. The number of aryl methyl sites for hydroxylation is 3. The van der Waals surface area contributed by atoms with E-state index in [1.165, 1.54) is 22.5 Å². The van der Waals surface area contributed by atoms with Crippen LogP contribution in [0.5, 0.6) is 5.75 Å². The number of nitrogens with two attached hydrogens (primary N) is 1. The molecule has 1 aromatic heterocycles. The highest BCUT2D eigenvalue weighted by Crippen LogP contribution is 2.37. The van der Waals surface area contributed by atoms with Crippen LogP contribution in [-0.4, -0.2) is 34.3 Å². The van der Waals surface area contributed by atoms with Gasteiger partial charge < -0.3 is 20.3 Å². The van der Waals surface area contributed by atoms with E-state index in [-0.39, 0.29) is 12.4 Å². The Hall–Kier alpha value is -1.54. The second-order valence-electron chi connectivity index (χ2n) is 7.81. The number of phosphoric acid groups is 1. The average molecular weight is 456 g/mol. The van der Waals surface area contributed by atoms with Gasteiger partial charge in [-0.05, 0) is 75.4 Å². The number of thiophene rings is 1. The fourth-order valence-electron chi connectivity index (χ4n) is 2.72. The minimum atomic E-state index is -4.54. The first-order valence-electron chi connectivity index (χ1n) is 9.76. The van der Waals surface area contributed by atoms with Crippen LogP contribution in [0.15, 0.2) is 30.3 Å². The number of ketones is 1. The second-order valence-corrected chi connectivity index (χ2v) is 10.2. The zero-order chi connectivity index (χ0) is 22.4. The molecule has 0 fully saturated rings. The van der Waals surface area contributed by atoms with Crippen molar-refractivity contribution in [3.8, 4) is 5.75 Å². The number of hydrogen-bond acceptors (Lipinski definition) is 6. The third-order valence-electron chi connectivity index (χ3n) is 4.74. The standard InChI is InChI=1S/C21H30NO6PS/c1-15-6-7-17(13-16(15)2)27-12-4-5-19(23)20-9-8-18(30-20)10-11-21(3,22)14-28-29(24,25)26/h6-9,13H,4-5,10-12,14,22H2,1-3H3,(H2,24,25,26). The van der Waals surface area contributed by atoms with Gasteiger partial charge in [0.2, 0.25) is 0 Å². The molecule has 0 spiro atoms. The Morgan fingerprint density at radius 3 is 2.60 bits per heavy atom. The molecule has 4 N–H and O–H groups in total. The number of benzene rings is 1. The fourth-order valence-corrected chi connectivity index (χ4v) is 4.16. The SMILES string of the molecule is Cc1ccc(OCCCC(=O)c2ccc(CCC(C)(N)COP(=O)(O)O)s2)cc1C. The zero-order valence-corrected chi connectivity index (χ0v) is 19.3. The number of ether oxygens (including phenoxy) is 1. The molecule has 9 heteroatoms. The molecule has 0 saturated carbocycles. The number of hydrogen-bond donors (Lipinski definition) is 3. The van der Waals surface area contributed by atoms with E-state index < -0.39 is 13.4 Å². The molecular weight excluding hydrogens is 425 g/mol. The molecule has 0 aliphatic carbocycles. The molecule has 2 aromatic rings. The molecule has 30 heavy (non-hydrogen) atoms. The van der Waals surface area contributed by atoms with Gasteiger partial charge in [-0.15, -0.1) is 11.3 Å². The predicted octanol–water partition coefficient (Wildman–Crippen LogP) is 4.17. The monoisotopic (exact) mass is 455 g/mol. The third-order valence-corrected chi connectivity index (χ3v) is 6.39. The number of carbonyl (C=O) groups is 1. The first kappa shape index (κ1) is 24.7. The Kier molecular flexibility index (Phi) is 8.79. The van der Waals surface area contributed by atoms with Crippen molar-refractivity contribution in [2.45, 2.75) is 52.0 Å². The Morgan fingerprint density at radius 2 is 1.93 bits per heavy atom. The summed E-state index contributed by atoms with van der Waals surface area (Å²) in [5, 5.41) is 0. The van der Waals surface area contributed by atoms with E-state index in [1.807, 2.05) is 37.3 Å². The highest BCUT2D eigenvalue weighted by Gasteiger charge is 2.24. The van der Waals surface area contributed by atoms with Gasteiger partial charge in [0, 0.05) is 16.8 Å². The molecule has 0 bridgehead atoms. The van der Waals surface area contributed by atoms with E-state index in [4.69, 9.17) is 20.3 Å². The van der Waals surface area contributed by atoms with Crippen molar-refractivity contribution in [2.75, 3.05) is 13.2 Å². The maximum Gasteiger partial charge on any atom is 0.469 e. The summed E-state index contributed by atoms with van der Waals surface area (Å²) in [6.45, 7) is 6.01. The van der Waals surface area contributed by atoms with Gasteiger partial charge in [-0.1, -0.05) is 6.07 Å². The Bertz CT molecular complexity index is 905. The summed E-state index contributed by atoms with van der Waals surface area (Å²) in [5.74, 6) is 0.895. The summed E-state index contributed by atoms with van der Waals surface area (Å²) in [7, 11) is -4.54. The van der Waals surface area contributed by atoms with Gasteiger partial charge >= 0.3 is 7.82 Å². The second kappa shape index (κ2) is 10.7. The molecule has 2 rings (SSSR count). The molecule has 0 aliphatic rings. The van der Waals surface area contributed by atoms with E-state index >= 15 is 0 Å². The zero-order valence-electron chi connectivity index (χ0n) is 17.6. The molecule has 1 aromatic carbocycles. The van der Waals surface area contributed by atoms with Gasteiger partial charge in [-0.2, -0.15) is 0 Å². The van der Waals surface area contributed by atoms with Crippen molar-refractivity contribution in [1.29, 1.82) is 0 Å². The molecule has 0 saturated heterocycles. The van der Waals surface area contributed by atoms with Gasteiger partial charge in [0.05, 0.1) is 18.1 Å². The smallest absolute Gasteiger partial charge is 0.469 e. The van der Waals surface area contributed by atoms with Crippen LogP contribution in [0.2, 0.25) is 0 Å². The van der Waals surface area contributed by atoms with Gasteiger partial charge in [-0.3, -0.25) is 9.32 Å². The van der Waals surface area contributed by atoms with Crippen LogP contribution in [-0.2, 0) is 15.5 Å². The molecule has 0 amide bonds. The quantitative estimate of drug-likeness (QED) is 0.250. The van der Waals surface area contributed by atoms with Crippen molar-refractivity contribution >= 4 is 24.9 Å². The lowest BCUT2D eigenvalue weighted by atomic mass is 9.98. The number of phosphoric ester groups is 1. The summed E-state index contributed by atoms with van der Waals surface area (Å²) in [4.78, 5) is 31.7. The summed E-state index contributed by atoms with van der Waals surface area (Å²) in [6.07, 6.45) is 2.13. The van der Waals surface area contributed by atoms with Crippen LogP contribution >= 0.6 is 19.2 Å². The largest absolute Gasteiger partial charge is 0.494 e. The number of rotatable bonds is 12. The highest BCUT2D eigenvalue weighted by atomic mass is 32.1. The van der Waals surface area contributed by atoms with Crippen molar-refractivity contribution in [2.24, 2.45) is 5.73 Å². The first-order valence-corrected chi connectivity index (χ1v) is 12.1. The van der Waals surface area contributed by atoms with E-state index in [9.17, 15) is 9.36 Å². The lowest BCUT2D eigenvalue weighted by Crippen LogP contribution is -2.41. The van der Waals surface area contributed by atoms with E-state index in [2.05, 4.69) is 11.4 Å². The normalized spacial score (nSPS) is 13.8. The summed E-state index contributed by atoms with van der Waals surface area (Å²) < 4.78 is 21.1. The lowest BCUT2D eigenvalue weighted by Gasteiger charge is -2.24. The van der Waals surface area contributed by atoms with Crippen LogP contribution < -0.4 is 10.5 Å². The van der Waals surface area contributed by atoms with Gasteiger partial charge in [0.15, 0.2) is 5.78 Å². The first-order chi connectivity index (χ1) is 14.0. The molecule has 166 valence electrons. The molecule has 0 radical (unpaired) electrons. The minimum Gasteiger partial charge on any atom is -0.494 e. The maximum atomic E-state index is 12.4. The molecule has 1 unspecified atom stereocenters. The van der Waals surface area contributed by atoms with Crippen LogP contribution in [0.25, 0.3) is 0 Å². The van der Waals surface area contributed by atoms with Crippen LogP contribution in [0.3, 0.4) is 0 Å². The molecule has 1 atom stereocenters. The van der Waals surface area contributed by atoms with Gasteiger partial charge in [-0.25, -0.2) is 4.57 Å². The van der Waals surface area contributed by atoms with E-state index in [1.54, 1.807) is 6.92 Å². The Labute approximate surface area is 181 Å². The summed E-state index contributed by atoms with van der Waals surface area (Å²) in [6, 6.07) is 9.66. The molecule has 1 heterocycles. The van der Waals surface area contributed by atoms with Crippen molar-refractivity contribution in [1.82, 2.24) is 0 Å². The maximum absolute atomic E-state index is 12.4. The Morgan fingerprint density at radius 1 is 1.20 bits per heavy atom. The number of Topliss-reactive ketones (excluding diaryl/α,β-unsaturated/α-hetero) is 1. The molecule has 7 nitrogen and oxygen atoms in total. The Balaban J connectivity index is 1.74. The van der Waals surface area contributed by atoms with Crippen molar-refractivity contribution < 1.29 is 28.4 Å². The lowest BCUT2D eigenvalue weighted by molar-refractivity contribution is 0.0977. The summed E-state index contributed by atoms with van der Waals surface area (Å²) >= 11 is 1.42. The third kappa shape index (κ3) is 8.68. The van der Waals surface area contributed by atoms with Crippen LogP contribution in [0.4, 0.5) is 0 Å². The highest BCUT2D eigenvalue weighted by molar-refractivity contribution is 7.46. The van der Waals surface area contributed by atoms with Gasteiger partial charge in [0.25, 0.3) is 0 Å². The molecule has 0 aliphatic heterocycles. The van der Waals surface area contributed by atoms with E-state index in [0.717, 1.165) is 10.6 Å². The number of carbonyl (C=O) groups excluding carboxylic acids is 1. The van der Waals surface area contributed by atoms with Crippen LogP contribution in [0, 0.1) is 13.8 Å². The van der Waals surface area contributed by atoms with E-state index in [0.29, 0.717) is 37.2 Å². The topological polar surface area (TPSA) is 119 Å². The molecular formula is C21H30NO6PS. The minimum absolute atomic E-state index is 0.0790. The summed E-state index contributed by atoms with van der Waals surface area (Å²) in [5.41, 5.74) is 7.56. The van der Waals surface area contributed by atoms with Crippen LogP contribution in [0.1, 0.15) is 51.9 Å².